The molecule has 1 heteroatoms. The van der Waals surface area contributed by atoms with Crippen LogP contribution in [0.25, 0.3) is 70.9 Å². The zero-order chi connectivity index (χ0) is 24.3. The Hall–Kier alpha value is -4.88. The molecule has 0 bridgehead atoms. The molecule has 37 heavy (non-hydrogen) atoms. The van der Waals surface area contributed by atoms with Gasteiger partial charge in [-0.25, -0.2) is 0 Å². The zero-order valence-electron chi connectivity index (χ0n) is 20.2. The van der Waals surface area contributed by atoms with Crippen LogP contribution in [-0.4, -0.2) is 4.57 Å². The maximum Gasteiger partial charge on any atom is 0.0619 e. The first-order valence-corrected chi connectivity index (χ1v) is 12.8. The van der Waals surface area contributed by atoms with Crippen molar-refractivity contribution in [1.82, 2.24) is 4.57 Å². The number of aromatic nitrogens is 1. The second-order valence-electron chi connectivity index (χ2n) is 9.74. The Balaban J connectivity index is 1.58. The van der Waals surface area contributed by atoms with Crippen LogP contribution in [0.3, 0.4) is 0 Å². The molecular weight excluding hydrogens is 446 g/mol. The summed E-state index contributed by atoms with van der Waals surface area (Å²) in [4.78, 5) is 0. The molecule has 0 aliphatic carbocycles. The Morgan fingerprint density at radius 2 is 0.865 bits per heavy atom. The highest BCUT2D eigenvalue weighted by Crippen LogP contribution is 2.42. The monoisotopic (exact) mass is 469 g/mol. The van der Waals surface area contributed by atoms with Gasteiger partial charge in [0.05, 0.1) is 11.0 Å². The lowest BCUT2D eigenvalue weighted by Crippen LogP contribution is -1.96. The Bertz CT molecular complexity index is 2130. The smallest absolute Gasteiger partial charge is 0.0619 e. The first kappa shape index (κ1) is 20.3. The maximum atomic E-state index is 2.47. The molecule has 7 aromatic carbocycles. The van der Waals surface area contributed by atoms with E-state index in [1.807, 2.05) is 0 Å². The van der Waals surface area contributed by atoms with Crippen LogP contribution in [0.15, 0.2) is 140 Å². The van der Waals surface area contributed by atoms with E-state index in [4.69, 9.17) is 0 Å². The van der Waals surface area contributed by atoms with E-state index in [-0.39, 0.29) is 0 Å². The Morgan fingerprint density at radius 3 is 1.68 bits per heavy atom. The molecule has 0 amide bonds. The van der Waals surface area contributed by atoms with E-state index >= 15 is 0 Å². The summed E-state index contributed by atoms with van der Waals surface area (Å²) in [5, 5.41) is 10.2. The molecule has 0 aliphatic rings. The molecule has 0 N–H and O–H groups in total. The number of nitrogens with zero attached hydrogens (tertiary/aromatic N) is 1. The van der Waals surface area contributed by atoms with Gasteiger partial charge in [0.1, 0.15) is 0 Å². The molecule has 0 aliphatic heterocycles. The molecule has 1 aromatic heterocycles. The molecule has 0 radical (unpaired) electrons. The molecule has 0 unspecified atom stereocenters. The third kappa shape index (κ3) is 2.92. The summed E-state index contributed by atoms with van der Waals surface area (Å²) in [7, 11) is 0. The van der Waals surface area contributed by atoms with E-state index in [1.54, 1.807) is 0 Å². The topological polar surface area (TPSA) is 4.93 Å². The summed E-state index contributed by atoms with van der Waals surface area (Å²) in [6.45, 7) is 0. The number of benzene rings is 7. The van der Waals surface area contributed by atoms with Crippen LogP contribution in [-0.2, 0) is 0 Å². The molecule has 0 saturated carbocycles. The second kappa shape index (κ2) is 7.81. The summed E-state index contributed by atoms with van der Waals surface area (Å²) in [5.41, 5.74) is 6.20. The zero-order valence-corrected chi connectivity index (χ0v) is 20.2. The van der Waals surface area contributed by atoms with Crippen LogP contribution >= 0.6 is 0 Å². The van der Waals surface area contributed by atoms with Crippen molar-refractivity contribution in [3.63, 3.8) is 0 Å². The van der Waals surface area contributed by atoms with Crippen LogP contribution < -0.4 is 0 Å². The van der Waals surface area contributed by atoms with E-state index < -0.39 is 0 Å². The van der Waals surface area contributed by atoms with Crippen LogP contribution in [0.5, 0.6) is 0 Å². The van der Waals surface area contributed by atoms with Gasteiger partial charge in [0, 0.05) is 27.4 Å². The highest BCUT2D eigenvalue weighted by Gasteiger charge is 2.19. The quantitative estimate of drug-likeness (QED) is 0.222. The Morgan fingerprint density at radius 1 is 0.297 bits per heavy atom. The van der Waals surface area contributed by atoms with E-state index in [1.165, 1.54) is 70.9 Å². The standard InChI is InChI=1S/C36H23N/c1-2-12-26(13-3-1)37-35-28-15-7-5-11-25(28)21-23-34(35)33-19-9-18-32(36(33)37)30-17-8-16-29-27-14-6-4-10-24(27)20-22-31(29)30/h1-23H. The summed E-state index contributed by atoms with van der Waals surface area (Å²) in [6.07, 6.45) is 0. The van der Waals surface area contributed by atoms with Gasteiger partial charge in [-0.2, -0.15) is 0 Å². The summed E-state index contributed by atoms with van der Waals surface area (Å²) in [6, 6.07) is 50.8. The van der Waals surface area contributed by atoms with Crippen molar-refractivity contribution < 1.29 is 0 Å². The minimum atomic E-state index is 1.18. The minimum absolute atomic E-state index is 1.18. The lowest BCUT2D eigenvalue weighted by Gasteiger charge is -2.14. The number of hydrogen-bond donors (Lipinski definition) is 0. The molecule has 8 aromatic rings. The molecular formula is C36H23N. The average Bonchev–Trinajstić information content (AvgIpc) is 3.32. The molecule has 172 valence electrons. The van der Waals surface area contributed by atoms with Crippen molar-refractivity contribution in [2.24, 2.45) is 0 Å². The fraction of sp³-hybridized carbons (Fsp3) is 0. The molecule has 1 heterocycles. The highest BCUT2D eigenvalue weighted by molar-refractivity contribution is 6.22. The molecule has 0 saturated heterocycles. The van der Waals surface area contributed by atoms with Gasteiger partial charge in [-0.15, -0.1) is 0 Å². The first-order valence-electron chi connectivity index (χ1n) is 12.8. The predicted octanol–water partition coefficient (Wildman–Crippen LogP) is 9.91. The minimum Gasteiger partial charge on any atom is -0.308 e. The van der Waals surface area contributed by atoms with Crippen molar-refractivity contribution in [1.29, 1.82) is 0 Å². The molecule has 8 rings (SSSR count). The van der Waals surface area contributed by atoms with E-state index in [0.717, 1.165) is 0 Å². The Labute approximate surface area is 214 Å². The molecule has 0 fully saturated rings. The van der Waals surface area contributed by atoms with Gasteiger partial charge in [0.2, 0.25) is 0 Å². The van der Waals surface area contributed by atoms with E-state index in [2.05, 4.69) is 144 Å². The summed E-state index contributed by atoms with van der Waals surface area (Å²) < 4.78 is 2.47. The van der Waals surface area contributed by atoms with Crippen molar-refractivity contribution in [3.8, 4) is 16.8 Å². The lowest BCUT2D eigenvalue weighted by atomic mass is 9.93. The van der Waals surface area contributed by atoms with Crippen LogP contribution in [0.2, 0.25) is 0 Å². The second-order valence-corrected chi connectivity index (χ2v) is 9.74. The van der Waals surface area contributed by atoms with Crippen LogP contribution in [0.4, 0.5) is 0 Å². The van der Waals surface area contributed by atoms with Gasteiger partial charge < -0.3 is 4.57 Å². The maximum absolute atomic E-state index is 2.47. The SMILES string of the molecule is c1ccc(-n2c3c(-c4cccc5c4ccc4ccccc45)cccc3c3ccc4ccccc4c32)cc1. The number of rotatable bonds is 2. The third-order valence-electron chi connectivity index (χ3n) is 7.77. The van der Waals surface area contributed by atoms with Gasteiger partial charge in [0.15, 0.2) is 0 Å². The lowest BCUT2D eigenvalue weighted by molar-refractivity contribution is 1.19. The highest BCUT2D eigenvalue weighted by atomic mass is 15.0. The fourth-order valence-electron chi connectivity index (χ4n) is 6.15. The average molecular weight is 470 g/mol. The largest absolute Gasteiger partial charge is 0.308 e. The van der Waals surface area contributed by atoms with E-state index in [0.29, 0.717) is 0 Å². The number of fused-ring (bicyclic) bond motifs is 8. The van der Waals surface area contributed by atoms with Crippen molar-refractivity contribution in [3.05, 3.63) is 140 Å². The third-order valence-corrected chi connectivity index (χ3v) is 7.77. The molecule has 0 atom stereocenters. The summed E-state index contributed by atoms with van der Waals surface area (Å²) >= 11 is 0. The van der Waals surface area contributed by atoms with Gasteiger partial charge in [-0.3, -0.25) is 0 Å². The van der Waals surface area contributed by atoms with E-state index in [9.17, 15) is 0 Å². The summed E-state index contributed by atoms with van der Waals surface area (Å²) in [5.74, 6) is 0. The van der Waals surface area contributed by atoms with Crippen molar-refractivity contribution in [2.75, 3.05) is 0 Å². The Kier molecular flexibility index (Phi) is 4.29. The molecule has 1 nitrogen and oxygen atoms in total. The predicted molar refractivity (Wildman–Crippen MR) is 159 cm³/mol. The van der Waals surface area contributed by atoms with Gasteiger partial charge in [-0.1, -0.05) is 127 Å². The number of para-hydroxylation sites is 2. The van der Waals surface area contributed by atoms with Gasteiger partial charge in [-0.05, 0) is 44.6 Å². The van der Waals surface area contributed by atoms with Crippen LogP contribution in [0, 0.1) is 0 Å². The number of hydrogen-bond acceptors (Lipinski definition) is 0. The normalized spacial score (nSPS) is 11.8. The first-order chi connectivity index (χ1) is 18.4. The molecule has 0 spiro atoms. The fourth-order valence-corrected chi connectivity index (χ4v) is 6.15. The van der Waals surface area contributed by atoms with Crippen LogP contribution in [0.1, 0.15) is 0 Å². The van der Waals surface area contributed by atoms with Crippen molar-refractivity contribution >= 4 is 54.1 Å². The van der Waals surface area contributed by atoms with Gasteiger partial charge >= 0.3 is 0 Å². The van der Waals surface area contributed by atoms with Gasteiger partial charge in [0.25, 0.3) is 0 Å². The van der Waals surface area contributed by atoms with Crippen molar-refractivity contribution in [2.45, 2.75) is 0 Å².